The summed E-state index contributed by atoms with van der Waals surface area (Å²) in [6.07, 6.45) is 8.47. The maximum atomic E-state index is 13.0. The lowest BCUT2D eigenvalue weighted by molar-refractivity contribution is -0.123. The Morgan fingerprint density at radius 1 is 0.862 bits per heavy atom. The highest BCUT2D eigenvalue weighted by molar-refractivity contribution is 6.36. The maximum Gasteiger partial charge on any atom is 0.241 e. The Kier molecular flexibility index (Phi) is 7.99. The van der Waals surface area contributed by atoms with Crippen molar-refractivity contribution in [3.05, 3.63) is 94.0 Å². The number of aromatic nitrogens is 2. The Hall–Kier alpha value is -2.47. The van der Waals surface area contributed by atoms with Gasteiger partial charge in [0.05, 0.1) is 0 Å². The second-order valence-electron chi connectivity index (χ2n) is 6.53. The molecule has 1 amide bonds. The molecule has 0 saturated heterocycles. The second-order valence-corrected chi connectivity index (χ2v) is 7.34. The van der Waals surface area contributed by atoms with E-state index in [-0.39, 0.29) is 5.91 Å². The Morgan fingerprint density at radius 3 is 2.28 bits per heavy atom. The molecule has 7 heteroatoms. The molecular weight excluding hydrogens is 407 g/mol. The van der Waals surface area contributed by atoms with E-state index in [4.69, 9.17) is 23.2 Å². The first-order valence-electron chi connectivity index (χ1n) is 9.38. The molecule has 0 aliphatic rings. The van der Waals surface area contributed by atoms with Crippen molar-refractivity contribution in [3.8, 4) is 0 Å². The lowest BCUT2D eigenvalue weighted by atomic mass is 10.0. The highest BCUT2D eigenvalue weighted by Gasteiger charge is 2.24. The summed E-state index contributed by atoms with van der Waals surface area (Å²) in [4.78, 5) is 21.1. The molecule has 5 nitrogen and oxygen atoms in total. The zero-order valence-corrected chi connectivity index (χ0v) is 17.3. The molecule has 3 aromatic rings. The smallest absolute Gasteiger partial charge is 0.241 e. The van der Waals surface area contributed by atoms with Gasteiger partial charge in [0.25, 0.3) is 0 Å². The number of halogens is 2. The summed E-state index contributed by atoms with van der Waals surface area (Å²) in [5.74, 6) is -0.168. The van der Waals surface area contributed by atoms with Crippen LogP contribution < -0.4 is 10.6 Å². The minimum atomic E-state index is -0.646. The average molecular weight is 429 g/mol. The number of nitrogens with zero attached hydrogens (tertiary/aromatic N) is 2. The van der Waals surface area contributed by atoms with Crippen LogP contribution in [-0.4, -0.2) is 29.0 Å². The van der Waals surface area contributed by atoms with E-state index in [1.54, 1.807) is 43.0 Å². The van der Waals surface area contributed by atoms with Crippen LogP contribution in [0.3, 0.4) is 0 Å². The molecule has 150 valence electrons. The summed E-state index contributed by atoms with van der Waals surface area (Å²) < 4.78 is 0. The Labute approximate surface area is 180 Å². The van der Waals surface area contributed by atoms with Crippen molar-refractivity contribution in [2.45, 2.75) is 18.9 Å². The van der Waals surface area contributed by atoms with Crippen molar-refractivity contribution >= 4 is 29.1 Å². The predicted molar refractivity (Wildman–Crippen MR) is 116 cm³/mol. The standard InChI is InChI=1S/C22H22Cl2N4O/c23-18-4-1-5-19(24)20(18)21(27-13-8-16-6-11-25-12-7-16)22(29)28-14-9-17-3-2-10-26-15-17/h1-7,10-12,15,21,27H,8-9,13-14H2,(H,28,29). The number of carbonyl (C=O) groups excluding carboxylic acids is 1. The molecule has 1 atom stereocenters. The number of amides is 1. The van der Waals surface area contributed by atoms with Crippen molar-refractivity contribution in [2.24, 2.45) is 0 Å². The topological polar surface area (TPSA) is 66.9 Å². The molecule has 0 bridgehead atoms. The molecule has 2 heterocycles. The van der Waals surface area contributed by atoms with Gasteiger partial charge in [-0.3, -0.25) is 14.8 Å². The van der Waals surface area contributed by atoms with Gasteiger partial charge in [0, 0.05) is 53.5 Å². The highest BCUT2D eigenvalue weighted by atomic mass is 35.5. The number of benzene rings is 1. The van der Waals surface area contributed by atoms with E-state index in [1.807, 2.05) is 24.3 Å². The van der Waals surface area contributed by atoms with E-state index in [0.717, 1.165) is 17.5 Å². The van der Waals surface area contributed by atoms with Crippen LogP contribution in [0.4, 0.5) is 0 Å². The van der Waals surface area contributed by atoms with Gasteiger partial charge in [0.15, 0.2) is 0 Å². The lowest BCUT2D eigenvalue weighted by Crippen LogP contribution is -2.39. The molecule has 2 N–H and O–H groups in total. The van der Waals surface area contributed by atoms with Crippen LogP contribution in [0, 0.1) is 0 Å². The van der Waals surface area contributed by atoms with Crippen molar-refractivity contribution in [3.63, 3.8) is 0 Å². The van der Waals surface area contributed by atoms with E-state index < -0.39 is 6.04 Å². The third kappa shape index (κ3) is 6.26. The average Bonchev–Trinajstić information content (AvgIpc) is 2.74. The van der Waals surface area contributed by atoms with Crippen LogP contribution >= 0.6 is 23.2 Å². The summed E-state index contributed by atoms with van der Waals surface area (Å²) in [6.45, 7) is 1.08. The van der Waals surface area contributed by atoms with Crippen LogP contribution in [0.5, 0.6) is 0 Å². The number of pyridine rings is 2. The first-order chi connectivity index (χ1) is 14.1. The molecule has 0 radical (unpaired) electrons. The summed E-state index contributed by atoms with van der Waals surface area (Å²) in [6, 6.07) is 12.4. The quantitative estimate of drug-likeness (QED) is 0.539. The van der Waals surface area contributed by atoms with Gasteiger partial charge in [0.2, 0.25) is 5.91 Å². The third-order valence-corrected chi connectivity index (χ3v) is 5.16. The van der Waals surface area contributed by atoms with Crippen LogP contribution in [-0.2, 0) is 17.6 Å². The van der Waals surface area contributed by atoms with Gasteiger partial charge in [0.1, 0.15) is 6.04 Å². The second kappa shape index (κ2) is 10.9. The van der Waals surface area contributed by atoms with Gasteiger partial charge < -0.3 is 10.6 Å². The fourth-order valence-electron chi connectivity index (χ4n) is 3.00. The van der Waals surface area contributed by atoms with Gasteiger partial charge in [-0.05, 0) is 54.3 Å². The van der Waals surface area contributed by atoms with E-state index in [9.17, 15) is 4.79 Å². The van der Waals surface area contributed by atoms with Crippen LogP contribution in [0.2, 0.25) is 10.0 Å². The lowest BCUT2D eigenvalue weighted by Gasteiger charge is -2.21. The molecular formula is C22H22Cl2N4O. The summed E-state index contributed by atoms with van der Waals surface area (Å²) >= 11 is 12.7. The van der Waals surface area contributed by atoms with E-state index >= 15 is 0 Å². The van der Waals surface area contributed by atoms with Crippen molar-refractivity contribution in [2.75, 3.05) is 13.1 Å². The Bertz CT molecular complexity index is 902. The number of nitrogens with one attached hydrogen (secondary N) is 2. The van der Waals surface area contributed by atoms with Crippen molar-refractivity contribution in [1.29, 1.82) is 0 Å². The Balaban J connectivity index is 1.67. The van der Waals surface area contributed by atoms with E-state index in [1.165, 1.54) is 0 Å². The maximum absolute atomic E-state index is 13.0. The fourth-order valence-corrected chi connectivity index (χ4v) is 3.62. The third-order valence-electron chi connectivity index (χ3n) is 4.50. The zero-order valence-electron chi connectivity index (χ0n) is 15.8. The van der Waals surface area contributed by atoms with Crippen LogP contribution in [0.1, 0.15) is 22.7 Å². The molecule has 3 rings (SSSR count). The fraction of sp³-hybridized carbons (Fsp3) is 0.227. The number of hydrogen-bond donors (Lipinski definition) is 2. The summed E-state index contributed by atoms with van der Waals surface area (Å²) in [5.41, 5.74) is 2.78. The molecule has 1 unspecified atom stereocenters. The van der Waals surface area contributed by atoms with Crippen molar-refractivity contribution in [1.82, 2.24) is 20.6 Å². The predicted octanol–water partition coefficient (Wildman–Crippen LogP) is 4.02. The number of rotatable bonds is 9. The minimum Gasteiger partial charge on any atom is -0.354 e. The first kappa shape index (κ1) is 21.2. The largest absolute Gasteiger partial charge is 0.354 e. The van der Waals surface area contributed by atoms with Gasteiger partial charge >= 0.3 is 0 Å². The van der Waals surface area contributed by atoms with Crippen LogP contribution in [0.15, 0.2) is 67.3 Å². The number of hydrogen-bond acceptors (Lipinski definition) is 4. The normalized spacial score (nSPS) is 11.8. The van der Waals surface area contributed by atoms with E-state index in [0.29, 0.717) is 35.1 Å². The molecule has 0 aliphatic heterocycles. The summed E-state index contributed by atoms with van der Waals surface area (Å²) in [5, 5.41) is 7.20. The van der Waals surface area contributed by atoms with Gasteiger partial charge in [-0.1, -0.05) is 35.3 Å². The molecule has 0 aliphatic carbocycles. The molecule has 2 aromatic heterocycles. The van der Waals surface area contributed by atoms with Gasteiger partial charge in [-0.25, -0.2) is 0 Å². The van der Waals surface area contributed by atoms with E-state index in [2.05, 4.69) is 20.6 Å². The Morgan fingerprint density at radius 2 is 1.59 bits per heavy atom. The molecule has 0 fully saturated rings. The monoisotopic (exact) mass is 428 g/mol. The first-order valence-corrected chi connectivity index (χ1v) is 10.1. The molecule has 0 saturated carbocycles. The minimum absolute atomic E-state index is 0.168. The summed E-state index contributed by atoms with van der Waals surface area (Å²) in [7, 11) is 0. The molecule has 0 spiro atoms. The van der Waals surface area contributed by atoms with Crippen molar-refractivity contribution < 1.29 is 4.79 Å². The molecule has 1 aromatic carbocycles. The SMILES string of the molecule is O=C(NCCc1cccnc1)C(NCCc1ccncc1)c1c(Cl)cccc1Cl. The van der Waals surface area contributed by atoms with Gasteiger partial charge in [-0.15, -0.1) is 0 Å². The zero-order chi connectivity index (χ0) is 20.5. The molecule has 29 heavy (non-hydrogen) atoms. The number of carbonyl (C=O) groups is 1. The van der Waals surface area contributed by atoms with Crippen LogP contribution in [0.25, 0.3) is 0 Å². The highest BCUT2D eigenvalue weighted by Crippen LogP contribution is 2.30. The van der Waals surface area contributed by atoms with Gasteiger partial charge in [-0.2, -0.15) is 0 Å².